The first-order valence-electron chi connectivity index (χ1n) is 12.6. The first-order chi connectivity index (χ1) is 19.3. The molecule has 1 saturated heterocycles. The lowest BCUT2D eigenvalue weighted by molar-refractivity contribution is 0.00978. The number of imidazole rings is 1. The van der Waals surface area contributed by atoms with Gasteiger partial charge in [-0.25, -0.2) is 18.6 Å². The summed E-state index contributed by atoms with van der Waals surface area (Å²) in [5, 5.41) is 9.92. The number of pyridine rings is 1. The predicted octanol–water partition coefficient (Wildman–Crippen LogP) is 4.36. The number of likely N-dealkylation sites (tertiary alicyclic amines) is 1. The summed E-state index contributed by atoms with van der Waals surface area (Å²) in [4.78, 5) is 35.1. The summed E-state index contributed by atoms with van der Waals surface area (Å²) < 4.78 is 41.7. The van der Waals surface area contributed by atoms with Crippen LogP contribution in [0.15, 0.2) is 47.2 Å². The maximum Gasteiger partial charge on any atom is 0.409 e. The smallest absolute Gasteiger partial charge is 0.409 e. The van der Waals surface area contributed by atoms with Crippen LogP contribution in [0.3, 0.4) is 0 Å². The monoisotopic (exact) mass is 555 g/mol. The molecule has 1 aromatic carbocycles. The van der Waals surface area contributed by atoms with E-state index in [-0.39, 0.29) is 30.3 Å². The van der Waals surface area contributed by atoms with Gasteiger partial charge < -0.3 is 29.5 Å². The minimum Gasteiger partial charge on any atom is -0.450 e. The molecule has 0 bridgehead atoms. The lowest BCUT2D eigenvalue weighted by atomic mass is 10.0. The highest BCUT2D eigenvalue weighted by atomic mass is 19.3. The SMILES string of the molecule is CCOC(=O)N1CC(c2nc(Nc3ccc(C)c(NC(=O)c4cnc5ccc(COCC(F)F)cn45)c3)no2)C1. The van der Waals surface area contributed by atoms with E-state index in [1.807, 2.05) is 19.1 Å². The molecule has 40 heavy (non-hydrogen) atoms. The molecule has 1 fully saturated rings. The van der Waals surface area contributed by atoms with Crippen molar-refractivity contribution in [3.8, 4) is 0 Å². The number of anilines is 3. The van der Waals surface area contributed by atoms with Gasteiger partial charge in [-0.05, 0) is 48.3 Å². The lowest BCUT2D eigenvalue weighted by Gasteiger charge is -2.35. The average molecular weight is 556 g/mol. The minimum absolute atomic E-state index is 0.0193. The standard InChI is InChI=1S/C26H27F2N7O5/c1-3-39-26(37)34-11-17(12-34)24-32-25(33-40-24)30-18-6-4-15(2)19(8-18)31-23(36)20-9-29-22-7-5-16(10-35(20)22)13-38-14-21(27)28/h4-10,17,21H,3,11-14H2,1-2H3,(H,30,33)(H,31,36). The molecule has 0 saturated carbocycles. The highest BCUT2D eigenvalue weighted by Crippen LogP contribution is 2.28. The molecule has 2 amide bonds. The second kappa shape index (κ2) is 11.7. The molecule has 0 aliphatic carbocycles. The van der Waals surface area contributed by atoms with E-state index >= 15 is 0 Å². The Bertz CT molecular complexity index is 1520. The molecular weight excluding hydrogens is 528 g/mol. The number of carbonyl (C=O) groups excluding carboxylic acids is 2. The molecule has 1 aliphatic rings. The number of hydrogen-bond acceptors (Lipinski definition) is 9. The molecule has 0 atom stereocenters. The number of hydrogen-bond donors (Lipinski definition) is 2. The number of carbonyl (C=O) groups is 2. The van der Waals surface area contributed by atoms with Crippen LogP contribution in [0, 0.1) is 6.92 Å². The lowest BCUT2D eigenvalue weighted by Crippen LogP contribution is -2.48. The number of halogens is 2. The van der Waals surface area contributed by atoms with Gasteiger partial charge in [0.1, 0.15) is 17.9 Å². The van der Waals surface area contributed by atoms with E-state index in [9.17, 15) is 18.4 Å². The number of benzene rings is 1. The molecule has 14 heteroatoms. The van der Waals surface area contributed by atoms with Crippen molar-refractivity contribution in [2.24, 2.45) is 0 Å². The molecule has 3 aromatic heterocycles. The number of rotatable bonds is 10. The summed E-state index contributed by atoms with van der Waals surface area (Å²) in [5.74, 6) is 0.183. The molecule has 210 valence electrons. The fraction of sp³-hybridized carbons (Fsp3) is 0.346. The Morgan fingerprint density at radius 2 is 2.05 bits per heavy atom. The first kappa shape index (κ1) is 27.0. The normalized spacial score (nSPS) is 13.5. The number of alkyl halides is 2. The summed E-state index contributed by atoms with van der Waals surface area (Å²) in [7, 11) is 0. The van der Waals surface area contributed by atoms with Crippen molar-refractivity contribution in [2.45, 2.75) is 32.8 Å². The van der Waals surface area contributed by atoms with Crippen molar-refractivity contribution in [3.05, 3.63) is 65.4 Å². The van der Waals surface area contributed by atoms with Crippen LogP contribution in [0.2, 0.25) is 0 Å². The van der Waals surface area contributed by atoms with E-state index in [1.54, 1.807) is 40.6 Å². The van der Waals surface area contributed by atoms with E-state index < -0.39 is 18.9 Å². The zero-order valence-electron chi connectivity index (χ0n) is 21.8. The van der Waals surface area contributed by atoms with Crippen LogP contribution in [-0.2, 0) is 16.1 Å². The Kier molecular flexibility index (Phi) is 7.86. The van der Waals surface area contributed by atoms with Gasteiger partial charge in [-0.15, -0.1) is 0 Å². The predicted molar refractivity (Wildman–Crippen MR) is 139 cm³/mol. The van der Waals surface area contributed by atoms with E-state index in [1.165, 1.54) is 6.20 Å². The second-order valence-corrected chi connectivity index (χ2v) is 9.18. The van der Waals surface area contributed by atoms with Gasteiger partial charge in [0.05, 0.1) is 25.3 Å². The fourth-order valence-electron chi connectivity index (χ4n) is 4.14. The largest absolute Gasteiger partial charge is 0.450 e. The van der Waals surface area contributed by atoms with Gasteiger partial charge in [0.2, 0.25) is 5.89 Å². The maximum atomic E-state index is 13.2. The van der Waals surface area contributed by atoms with Gasteiger partial charge in [0, 0.05) is 30.7 Å². The number of nitrogens with one attached hydrogen (secondary N) is 2. The van der Waals surface area contributed by atoms with E-state index in [2.05, 4.69) is 25.8 Å². The molecule has 12 nitrogen and oxygen atoms in total. The van der Waals surface area contributed by atoms with Crippen LogP contribution >= 0.6 is 0 Å². The van der Waals surface area contributed by atoms with Gasteiger partial charge in [-0.2, -0.15) is 4.98 Å². The number of ether oxygens (including phenoxy) is 2. The summed E-state index contributed by atoms with van der Waals surface area (Å²) in [6.07, 6.45) is 0.153. The van der Waals surface area contributed by atoms with Crippen LogP contribution in [0.1, 0.15) is 40.3 Å². The van der Waals surface area contributed by atoms with Gasteiger partial charge in [0.25, 0.3) is 18.3 Å². The topological polar surface area (TPSA) is 136 Å². The van der Waals surface area contributed by atoms with Crippen LogP contribution in [0.5, 0.6) is 0 Å². The zero-order valence-corrected chi connectivity index (χ0v) is 21.8. The van der Waals surface area contributed by atoms with Crippen molar-refractivity contribution in [1.82, 2.24) is 24.4 Å². The van der Waals surface area contributed by atoms with Crippen molar-refractivity contribution in [1.29, 1.82) is 0 Å². The number of fused-ring (bicyclic) bond motifs is 1. The summed E-state index contributed by atoms with van der Waals surface area (Å²) >= 11 is 0. The highest BCUT2D eigenvalue weighted by molar-refractivity contribution is 6.04. The fourth-order valence-corrected chi connectivity index (χ4v) is 4.14. The maximum absolute atomic E-state index is 13.2. The van der Waals surface area contributed by atoms with Crippen molar-refractivity contribution < 1.29 is 32.4 Å². The van der Waals surface area contributed by atoms with Crippen molar-refractivity contribution in [3.63, 3.8) is 0 Å². The van der Waals surface area contributed by atoms with Crippen molar-refractivity contribution >= 4 is 35.0 Å². The van der Waals surface area contributed by atoms with E-state index in [0.717, 1.165) is 5.56 Å². The molecule has 0 spiro atoms. The summed E-state index contributed by atoms with van der Waals surface area (Å²) in [6, 6.07) is 8.77. The van der Waals surface area contributed by atoms with Gasteiger partial charge in [-0.1, -0.05) is 12.1 Å². The number of amides is 2. The van der Waals surface area contributed by atoms with Gasteiger partial charge >= 0.3 is 6.09 Å². The van der Waals surface area contributed by atoms with Crippen molar-refractivity contribution in [2.75, 3.05) is 36.9 Å². The molecule has 0 radical (unpaired) electrons. The van der Waals surface area contributed by atoms with Gasteiger partial charge in [-0.3, -0.25) is 9.20 Å². The minimum atomic E-state index is -2.56. The molecule has 1 aliphatic heterocycles. The Labute approximate surface area is 227 Å². The second-order valence-electron chi connectivity index (χ2n) is 9.18. The number of aromatic nitrogens is 4. The van der Waals surface area contributed by atoms with Crippen LogP contribution < -0.4 is 10.6 Å². The third kappa shape index (κ3) is 6.01. The van der Waals surface area contributed by atoms with E-state index in [4.69, 9.17) is 14.0 Å². The molecule has 4 aromatic rings. The quantitative estimate of drug-likeness (QED) is 0.293. The van der Waals surface area contributed by atoms with Crippen LogP contribution in [0.4, 0.5) is 30.9 Å². The number of aryl methyl sites for hydroxylation is 1. The zero-order chi connectivity index (χ0) is 28.2. The van der Waals surface area contributed by atoms with Crippen LogP contribution in [-0.4, -0.2) is 69.2 Å². The summed E-state index contributed by atoms with van der Waals surface area (Å²) in [6.45, 7) is 4.11. The van der Waals surface area contributed by atoms with E-state index in [0.29, 0.717) is 48.2 Å². The Morgan fingerprint density at radius 1 is 1.23 bits per heavy atom. The number of nitrogens with zero attached hydrogens (tertiary/aromatic N) is 5. The molecule has 4 heterocycles. The average Bonchev–Trinajstić information content (AvgIpc) is 3.52. The Hall–Kier alpha value is -4.59. The first-order valence-corrected chi connectivity index (χ1v) is 12.6. The molecular formula is C26H27F2N7O5. The van der Waals surface area contributed by atoms with Crippen LogP contribution in [0.25, 0.3) is 5.65 Å². The third-order valence-corrected chi connectivity index (χ3v) is 6.25. The third-order valence-electron chi connectivity index (χ3n) is 6.25. The molecule has 0 unspecified atom stereocenters. The Balaban J connectivity index is 1.24. The summed E-state index contributed by atoms with van der Waals surface area (Å²) in [5.41, 5.74) is 3.40. The van der Waals surface area contributed by atoms with Gasteiger partial charge in [0.15, 0.2) is 0 Å². The Morgan fingerprint density at radius 3 is 2.83 bits per heavy atom. The highest BCUT2D eigenvalue weighted by Gasteiger charge is 2.36. The molecule has 5 rings (SSSR count). The molecule has 2 N–H and O–H groups in total.